The number of aliphatic hydroxyl groups is 2. The Balaban J connectivity index is 2.21. The van der Waals surface area contributed by atoms with Crippen LogP contribution in [-0.4, -0.2) is 45.3 Å². The predicted octanol–water partition coefficient (Wildman–Crippen LogP) is -0.507. The van der Waals surface area contributed by atoms with E-state index in [9.17, 15) is 15.0 Å². The van der Waals surface area contributed by atoms with E-state index in [1.54, 1.807) is 4.90 Å². The molecule has 3 atom stereocenters. The number of fused-ring (bicyclic) bond motifs is 1. The molecule has 2 saturated heterocycles. The van der Waals surface area contributed by atoms with E-state index in [2.05, 4.69) is 0 Å². The zero-order valence-corrected chi connectivity index (χ0v) is 7.73. The molecular weight excluding hydrogens is 170 g/mol. The van der Waals surface area contributed by atoms with Crippen molar-refractivity contribution in [1.29, 1.82) is 0 Å². The van der Waals surface area contributed by atoms with Crippen LogP contribution in [-0.2, 0) is 4.79 Å². The molecule has 13 heavy (non-hydrogen) atoms. The molecule has 4 nitrogen and oxygen atoms in total. The minimum absolute atomic E-state index is 0.105. The first-order valence-electron chi connectivity index (χ1n) is 4.69. The van der Waals surface area contributed by atoms with Gasteiger partial charge < -0.3 is 15.1 Å². The van der Waals surface area contributed by atoms with Crippen LogP contribution in [0, 0.1) is 0 Å². The number of piperidine rings is 1. The van der Waals surface area contributed by atoms with Crippen molar-refractivity contribution in [3.8, 4) is 0 Å². The Bertz CT molecular complexity index is 243. The zero-order valence-electron chi connectivity index (χ0n) is 7.73. The van der Waals surface area contributed by atoms with Gasteiger partial charge in [-0.25, -0.2) is 0 Å². The second-order valence-electron chi connectivity index (χ2n) is 4.34. The molecule has 0 aliphatic carbocycles. The van der Waals surface area contributed by atoms with Gasteiger partial charge in [0.15, 0.2) is 0 Å². The summed E-state index contributed by atoms with van der Waals surface area (Å²) in [6.45, 7) is 2.27. The van der Waals surface area contributed by atoms with Crippen LogP contribution in [0.4, 0.5) is 0 Å². The third kappa shape index (κ3) is 1.25. The molecule has 2 rings (SSSR count). The zero-order chi connectivity index (χ0) is 9.64. The summed E-state index contributed by atoms with van der Waals surface area (Å²) < 4.78 is 0. The van der Waals surface area contributed by atoms with Gasteiger partial charge in [-0.1, -0.05) is 0 Å². The Hall–Kier alpha value is -0.610. The number of rotatable bonds is 0. The van der Waals surface area contributed by atoms with Gasteiger partial charge >= 0.3 is 0 Å². The third-order valence-electron chi connectivity index (χ3n) is 3.29. The first-order valence-corrected chi connectivity index (χ1v) is 4.69. The molecule has 2 aliphatic rings. The summed E-state index contributed by atoms with van der Waals surface area (Å²) >= 11 is 0. The maximum Gasteiger partial charge on any atom is 0.223 e. The number of aliphatic hydroxyl groups excluding tert-OH is 2. The van der Waals surface area contributed by atoms with Gasteiger partial charge in [0.2, 0.25) is 5.91 Å². The summed E-state index contributed by atoms with van der Waals surface area (Å²) in [6.07, 6.45) is 0.410. The highest BCUT2D eigenvalue weighted by molar-refractivity contribution is 5.79. The molecule has 0 unspecified atom stereocenters. The molecular formula is C9H15NO3. The van der Waals surface area contributed by atoms with Crippen molar-refractivity contribution < 1.29 is 15.0 Å². The molecule has 0 aromatic rings. The van der Waals surface area contributed by atoms with E-state index in [1.807, 2.05) is 6.92 Å². The van der Waals surface area contributed by atoms with Gasteiger partial charge in [0.25, 0.3) is 0 Å². The van der Waals surface area contributed by atoms with Gasteiger partial charge in [0, 0.05) is 18.5 Å². The van der Waals surface area contributed by atoms with Crippen LogP contribution >= 0.6 is 0 Å². The molecule has 0 saturated carbocycles. The van der Waals surface area contributed by atoms with E-state index in [-0.39, 0.29) is 18.0 Å². The fourth-order valence-electron chi connectivity index (χ4n) is 2.38. The Morgan fingerprint density at radius 1 is 1.46 bits per heavy atom. The van der Waals surface area contributed by atoms with Crippen molar-refractivity contribution >= 4 is 5.91 Å². The fraction of sp³-hybridized carbons (Fsp3) is 0.889. The van der Waals surface area contributed by atoms with Crippen LogP contribution in [0.15, 0.2) is 0 Å². The minimum atomic E-state index is -0.768. The standard InChI is InChI=1S/C9H15NO3/c1-9-3-2-8(13)10(9)5-7(12)6(11)4-9/h6-7,11-12H,2-5H2,1H3/t6-,7+,9-/m0/s1. The highest BCUT2D eigenvalue weighted by Crippen LogP contribution is 2.37. The molecule has 4 heteroatoms. The number of nitrogens with zero attached hydrogens (tertiary/aromatic N) is 1. The first kappa shape index (κ1) is 8.97. The third-order valence-corrected chi connectivity index (χ3v) is 3.29. The number of carbonyl (C=O) groups is 1. The SMILES string of the molecule is C[C@@]12CCC(=O)N1C[C@@H](O)[C@@H](O)C2. The number of β-amino-alcohol motifs (C(OH)–C–C–N with tert-alkyl or cyclic N) is 1. The van der Waals surface area contributed by atoms with E-state index in [0.717, 1.165) is 6.42 Å². The number of hydrogen-bond donors (Lipinski definition) is 2. The van der Waals surface area contributed by atoms with Crippen LogP contribution < -0.4 is 0 Å². The summed E-state index contributed by atoms with van der Waals surface area (Å²) in [4.78, 5) is 13.1. The van der Waals surface area contributed by atoms with Gasteiger partial charge in [-0.3, -0.25) is 4.79 Å². The second kappa shape index (κ2) is 2.69. The molecule has 2 N–H and O–H groups in total. The Morgan fingerprint density at radius 3 is 2.85 bits per heavy atom. The van der Waals surface area contributed by atoms with Crippen molar-refractivity contribution in [2.75, 3.05) is 6.54 Å². The molecule has 2 aliphatic heterocycles. The lowest BCUT2D eigenvalue weighted by Gasteiger charge is -2.43. The maximum absolute atomic E-state index is 11.4. The quantitative estimate of drug-likeness (QED) is 0.534. The van der Waals surface area contributed by atoms with E-state index >= 15 is 0 Å². The monoisotopic (exact) mass is 185 g/mol. The number of carbonyl (C=O) groups excluding carboxylic acids is 1. The topological polar surface area (TPSA) is 60.8 Å². The van der Waals surface area contributed by atoms with Crippen molar-refractivity contribution in [3.05, 3.63) is 0 Å². The molecule has 2 fully saturated rings. The van der Waals surface area contributed by atoms with Crippen LogP contribution in [0.2, 0.25) is 0 Å². The molecule has 0 spiro atoms. The van der Waals surface area contributed by atoms with E-state index in [1.165, 1.54) is 0 Å². The van der Waals surface area contributed by atoms with Crippen LogP contribution in [0.3, 0.4) is 0 Å². The van der Waals surface area contributed by atoms with Crippen molar-refractivity contribution in [3.63, 3.8) is 0 Å². The lowest BCUT2D eigenvalue weighted by Crippen LogP contribution is -2.57. The average Bonchev–Trinajstić information content (AvgIpc) is 2.32. The molecule has 0 bridgehead atoms. The van der Waals surface area contributed by atoms with Crippen molar-refractivity contribution in [1.82, 2.24) is 4.90 Å². The van der Waals surface area contributed by atoms with Crippen LogP contribution in [0.1, 0.15) is 26.2 Å². The molecule has 0 radical (unpaired) electrons. The van der Waals surface area contributed by atoms with E-state index < -0.39 is 12.2 Å². The van der Waals surface area contributed by atoms with Gasteiger partial charge in [-0.15, -0.1) is 0 Å². The average molecular weight is 185 g/mol. The Labute approximate surface area is 77.2 Å². The van der Waals surface area contributed by atoms with E-state index in [0.29, 0.717) is 12.8 Å². The number of amides is 1. The summed E-state index contributed by atoms with van der Waals surface area (Å²) in [5.74, 6) is 0.105. The van der Waals surface area contributed by atoms with Gasteiger partial charge in [-0.05, 0) is 19.8 Å². The molecule has 2 heterocycles. The lowest BCUT2D eigenvalue weighted by molar-refractivity contribution is -0.141. The number of hydrogen-bond acceptors (Lipinski definition) is 3. The second-order valence-corrected chi connectivity index (χ2v) is 4.34. The summed E-state index contributed by atoms with van der Waals surface area (Å²) in [6, 6.07) is 0. The van der Waals surface area contributed by atoms with Crippen LogP contribution in [0.25, 0.3) is 0 Å². The molecule has 1 amide bonds. The fourth-order valence-corrected chi connectivity index (χ4v) is 2.38. The normalized spacial score (nSPS) is 45.2. The summed E-state index contributed by atoms with van der Waals surface area (Å²) in [5.41, 5.74) is -0.213. The smallest absolute Gasteiger partial charge is 0.223 e. The largest absolute Gasteiger partial charge is 0.390 e. The highest BCUT2D eigenvalue weighted by atomic mass is 16.3. The minimum Gasteiger partial charge on any atom is -0.390 e. The molecule has 0 aromatic carbocycles. The lowest BCUT2D eigenvalue weighted by atomic mass is 9.86. The van der Waals surface area contributed by atoms with Crippen molar-refractivity contribution in [2.24, 2.45) is 0 Å². The maximum atomic E-state index is 11.4. The predicted molar refractivity (Wildman–Crippen MR) is 46.0 cm³/mol. The van der Waals surface area contributed by atoms with Gasteiger partial charge in [0.05, 0.1) is 12.2 Å². The molecule has 74 valence electrons. The Morgan fingerprint density at radius 2 is 2.15 bits per heavy atom. The first-order chi connectivity index (χ1) is 6.03. The van der Waals surface area contributed by atoms with Gasteiger partial charge in [-0.2, -0.15) is 0 Å². The summed E-state index contributed by atoms with van der Waals surface area (Å²) in [7, 11) is 0. The van der Waals surface area contributed by atoms with E-state index in [4.69, 9.17) is 0 Å². The van der Waals surface area contributed by atoms with Crippen LogP contribution in [0.5, 0.6) is 0 Å². The summed E-state index contributed by atoms with van der Waals surface area (Å²) in [5, 5.41) is 18.9. The van der Waals surface area contributed by atoms with Crippen molar-refractivity contribution in [2.45, 2.75) is 43.9 Å². The molecule has 0 aromatic heterocycles. The highest BCUT2D eigenvalue weighted by Gasteiger charge is 2.48. The van der Waals surface area contributed by atoms with Gasteiger partial charge in [0.1, 0.15) is 0 Å². The Kier molecular flexibility index (Phi) is 1.85.